The number of nitrogens with two attached hydrogens (primary N) is 1. The molecule has 1 aromatic carbocycles. The van der Waals surface area contributed by atoms with Crippen LogP contribution in [0.1, 0.15) is 38.2 Å². The zero-order valence-corrected chi connectivity index (χ0v) is 15.4. The molecular formula is C19H25N3O4. The van der Waals surface area contributed by atoms with Crippen LogP contribution in [0.2, 0.25) is 0 Å². The molecule has 1 aromatic rings. The van der Waals surface area contributed by atoms with Crippen molar-refractivity contribution in [2.24, 2.45) is 10.7 Å². The third-order valence-corrected chi connectivity index (χ3v) is 5.93. The van der Waals surface area contributed by atoms with Crippen LogP contribution in [-0.2, 0) is 15.1 Å². The molecule has 26 heavy (non-hydrogen) atoms. The van der Waals surface area contributed by atoms with Crippen LogP contribution in [0.5, 0.6) is 11.5 Å². The minimum Gasteiger partial charge on any atom is -0.494 e. The standard InChI is InChI=1S/C19H25N3O4/c1-4-25-13-5-6-15-14(11-13)19(16(23)22(2)17(20)21-19)18(26-15)9-7-12(24-3)8-10-18/h5-6,11-12H,4,7-10H2,1-3H3,(H2,20,21). The summed E-state index contributed by atoms with van der Waals surface area (Å²) in [6, 6.07) is 5.62. The Kier molecular flexibility index (Phi) is 3.87. The molecular weight excluding hydrogens is 334 g/mol. The number of carbonyl (C=O) groups excluding carboxylic acids is 1. The average Bonchev–Trinajstić information content (AvgIpc) is 3.04. The Balaban J connectivity index is 1.86. The molecule has 0 aromatic heterocycles. The van der Waals surface area contributed by atoms with Crippen molar-refractivity contribution in [2.75, 3.05) is 20.8 Å². The van der Waals surface area contributed by atoms with Gasteiger partial charge in [-0.3, -0.25) is 9.69 Å². The average molecular weight is 359 g/mol. The number of fused-ring (bicyclic) bond motifs is 3. The maximum atomic E-state index is 13.4. The molecule has 2 heterocycles. The molecule has 1 aliphatic carbocycles. The van der Waals surface area contributed by atoms with Gasteiger partial charge in [-0.1, -0.05) is 0 Å². The molecule has 2 aliphatic heterocycles. The number of likely N-dealkylation sites (N-methyl/N-ethyl adjacent to an activating group) is 1. The van der Waals surface area contributed by atoms with Crippen molar-refractivity contribution in [3.8, 4) is 11.5 Å². The van der Waals surface area contributed by atoms with Crippen molar-refractivity contribution in [3.05, 3.63) is 23.8 Å². The van der Waals surface area contributed by atoms with Gasteiger partial charge in [0.15, 0.2) is 5.96 Å². The molecule has 140 valence electrons. The molecule has 7 heteroatoms. The van der Waals surface area contributed by atoms with Crippen molar-refractivity contribution in [1.82, 2.24) is 4.90 Å². The van der Waals surface area contributed by atoms with Crippen molar-refractivity contribution in [1.29, 1.82) is 0 Å². The fraction of sp³-hybridized carbons (Fsp3) is 0.579. The van der Waals surface area contributed by atoms with Crippen LogP contribution >= 0.6 is 0 Å². The van der Waals surface area contributed by atoms with E-state index in [4.69, 9.17) is 24.9 Å². The highest BCUT2D eigenvalue weighted by Gasteiger charge is 2.69. The second kappa shape index (κ2) is 5.87. The number of amides is 1. The topological polar surface area (TPSA) is 86.4 Å². The Bertz CT molecular complexity index is 770. The smallest absolute Gasteiger partial charge is 0.266 e. The summed E-state index contributed by atoms with van der Waals surface area (Å²) in [5.74, 6) is 1.47. The molecule has 0 saturated heterocycles. The van der Waals surface area contributed by atoms with E-state index >= 15 is 0 Å². The van der Waals surface area contributed by atoms with Crippen LogP contribution in [0.4, 0.5) is 0 Å². The highest BCUT2D eigenvalue weighted by molar-refractivity contribution is 6.08. The predicted molar refractivity (Wildman–Crippen MR) is 96.3 cm³/mol. The first-order chi connectivity index (χ1) is 12.5. The molecule has 1 saturated carbocycles. The first-order valence-electron chi connectivity index (χ1n) is 9.10. The fourth-order valence-electron chi connectivity index (χ4n) is 4.54. The first-order valence-corrected chi connectivity index (χ1v) is 9.10. The summed E-state index contributed by atoms with van der Waals surface area (Å²) in [5, 5.41) is 0. The second-order valence-electron chi connectivity index (χ2n) is 7.17. The SMILES string of the molecule is CCOc1ccc2c(c1)C1(N=C(N)N(C)C1=O)C1(CCC(OC)CC1)O2. The van der Waals surface area contributed by atoms with Crippen molar-refractivity contribution >= 4 is 11.9 Å². The van der Waals surface area contributed by atoms with Gasteiger partial charge in [-0.15, -0.1) is 0 Å². The van der Waals surface area contributed by atoms with E-state index in [2.05, 4.69) is 0 Å². The van der Waals surface area contributed by atoms with Gasteiger partial charge < -0.3 is 19.9 Å². The number of benzene rings is 1. The lowest BCUT2D eigenvalue weighted by Crippen LogP contribution is -2.57. The Labute approximate surface area is 153 Å². The zero-order chi connectivity index (χ0) is 18.5. The highest BCUT2D eigenvalue weighted by Crippen LogP contribution is 2.58. The summed E-state index contributed by atoms with van der Waals surface area (Å²) in [4.78, 5) is 19.5. The van der Waals surface area contributed by atoms with Gasteiger partial charge in [0, 0.05) is 19.7 Å². The zero-order valence-electron chi connectivity index (χ0n) is 15.4. The van der Waals surface area contributed by atoms with Gasteiger partial charge >= 0.3 is 0 Å². The van der Waals surface area contributed by atoms with E-state index in [-0.39, 0.29) is 18.0 Å². The lowest BCUT2D eigenvalue weighted by Gasteiger charge is -2.43. The van der Waals surface area contributed by atoms with Gasteiger partial charge in [0.1, 0.15) is 17.1 Å². The van der Waals surface area contributed by atoms with Crippen LogP contribution in [0.3, 0.4) is 0 Å². The number of carbonyl (C=O) groups is 1. The molecule has 1 atom stereocenters. The molecule has 0 radical (unpaired) electrons. The fourth-order valence-corrected chi connectivity index (χ4v) is 4.54. The summed E-state index contributed by atoms with van der Waals surface area (Å²) >= 11 is 0. The lowest BCUT2D eigenvalue weighted by atomic mass is 9.68. The molecule has 0 bridgehead atoms. The Hall–Kier alpha value is -2.28. The second-order valence-corrected chi connectivity index (χ2v) is 7.17. The maximum absolute atomic E-state index is 13.4. The van der Waals surface area contributed by atoms with E-state index in [0.717, 1.165) is 18.4 Å². The van der Waals surface area contributed by atoms with Crippen LogP contribution in [0.25, 0.3) is 0 Å². The van der Waals surface area contributed by atoms with Crippen LogP contribution in [-0.4, -0.2) is 49.2 Å². The van der Waals surface area contributed by atoms with Gasteiger partial charge in [0.2, 0.25) is 5.54 Å². The number of hydrogen-bond acceptors (Lipinski definition) is 6. The monoisotopic (exact) mass is 359 g/mol. The predicted octanol–water partition coefficient (Wildman–Crippen LogP) is 1.79. The summed E-state index contributed by atoms with van der Waals surface area (Å²) in [5.41, 5.74) is 4.93. The quantitative estimate of drug-likeness (QED) is 0.889. The number of aliphatic imine (C=N–C) groups is 1. The number of methoxy groups -OCH3 is 1. The maximum Gasteiger partial charge on any atom is 0.266 e. The number of ether oxygens (including phenoxy) is 3. The number of nitrogens with zero attached hydrogens (tertiary/aromatic N) is 2. The Morgan fingerprint density at radius 2 is 2.12 bits per heavy atom. The Morgan fingerprint density at radius 1 is 1.38 bits per heavy atom. The minimum atomic E-state index is -1.15. The first kappa shape index (κ1) is 17.1. The highest BCUT2D eigenvalue weighted by atomic mass is 16.5. The van der Waals surface area contributed by atoms with E-state index in [1.54, 1.807) is 14.2 Å². The normalized spacial score (nSPS) is 32.7. The van der Waals surface area contributed by atoms with Gasteiger partial charge in [-0.2, -0.15) is 0 Å². The molecule has 2 spiro atoms. The third-order valence-electron chi connectivity index (χ3n) is 5.93. The van der Waals surface area contributed by atoms with Crippen molar-refractivity contribution in [3.63, 3.8) is 0 Å². The van der Waals surface area contributed by atoms with Crippen molar-refractivity contribution in [2.45, 2.75) is 49.9 Å². The summed E-state index contributed by atoms with van der Waals surface area (Å²) in [6.45, 7) is 2.48. The van der Waals surface area contributed by atoms with E-state index < -0.39 is 11.1 Å². The molecule has 1 amide bonds. The van der Waals surface area contributed by atoms with Gasteiger partial charge in [0.25, 0.3) is 5.91 Å². The van der Waals surface area contributed by atoms with Gasteiger partial charge in [-0.05, 0) is 50.8 Å². The molecule has 3 aliphatic rings. The molecule has 2 N–H and O–H groups in total. The Morgan fingerprint density at radius 3 is 2.69 bits per heavy atom. The summed E-state index contributed by atoms with van der Waals surface area (Å²) in [7, 11) is 3.39. The summed E-state index contributed by atoms with van der Waals surface area (Å²) in [6.07, 6.45) is 3.18. The van der Waals surface area contributed by atoms with E-state index in [9.17, 15) is 4.79 Å². The third kappa shape index (κ3) is 2.09. The van der Waals surface area contributed by atoms with Crippen molar-refractivity contribution < 1.29 is 19.0 Å². The molecule has 1 fully saturated rings. The summed E-state index contributed by atoms with van der Waals surface area (Å²) < 4.78 is 17.6. The van der Waals surface area contributed by atoms with Crippen LogP contribution in [0, 0.1) is 0 Å². The number of rotatable bonds is 3. The van der Waals surface area contributed by atoms with Gasteiger partial charge in [0.05, 0.1) is 12.7 Å². The molecule has 1 unspecified atom stereocenters. The molecule has 7 nitrogen and oxygen atoms in total. The largest absolute Gasteiger partial charge is 0.494 e. The van der Waals surface area contributed by atoms with E-state index in [0.29, 0.717) is 30.9 Å². The lowest BCUT2D eigenvalue weighted by molar-refractivity contribution is -0.140. The van der Waals surface area contributed by atoms with Crippen LogP contribution in [0.15, 0.2) is 23.2 Å². The molecule has 4 rings (SSSR count). The van der Waals surface area contributed by atoms with Gasteiger partial charge in [-0.25, -0.2) is 4.99 Å². The number of hydrogen-bond donors (Lipinski definition) is 1. The number of guanidine groups is 1. The minimum absolute atomic E-state index is 0.140. The van der Waals surface area contributed by atoms with E-state index in [1.807, 2.05) is 25.1 Å². The van der Waals surface area contributed by atoms with Crippen LogP contribution < -0.4 is 15.2 Å². The van der Waals surface area contributed by atoms with E-state index in [1.165, 1.54) is 4.90 Å².